The van der Waals surface area contributed by atoms with Crippen molar-refractivity contribution in [3.63, 3.8) is 0 Å². The van der Waals surface area contributed by atoms with Crippen molar-refractivity contribution in [2.45, 2.75) is 19.8 Å². The van der Waals surface area contributed by atoms with Gasteiger partial charge in [0.2, 0.25) is 5.91 Å². The molecule has 0 aliphatic rings. The summed E-state index contributed by atoms with van der Waals surface area (Å²) in [5.74, 6) is -0.985. The molecule has 0 bridgehead atoms. The molecule has 4 nitrogen and oxygen atoms in total. The molecule has 0 heterocycles. The molecule has 1 rings (SSSR count). The highest BCUT2D eigenvalue weighted by atomic mass is 16.4. The normalized spacial score (nSPS) is 10.4. The van der Waals surface area contributed by atoms with Crippen molar-refractivity contribution in [1.82, 2.24) is 0 Å². The van der Waals surface area contributed by atoms with Crippen molar-refractivity contribution in [3.05, 3.63) is 42.0 Å². The Balaban J connectivity index is 2.55. The van der Waals surface area contributed by atoms with Gasteiger partial charge in [-0.05, 0) is 37.1 Å². The quantitative estimate of drug-likeness (QED) is 0.766. The van der Waals surface area contributed by atoms with Crippen LogP contribution in [0.1, 0.15) is 18.9 Å². The lowest BCUT2D eigenvalue weighted by Crippen LogP contribution is -2.07. The number of hydrogen-bond donors (Lipinski definition) is 2. The Morgan fingerprint density at radius 2 is 1.94 bits per heavy atom. The lowest BCUT2D eigenvalue weighted by atomic mass is 10.1. The van der Waals surface area contributed by atoms with Crippen LogP contribution >= 0.6 is 0 Å². The van der Waals surface area contributed by atoms with Gasteiger partial charge in [0, 0.05) is 12.1 Å². The van der Waals surface area contributed by atoms with E-state index in [0.717, 1.165) is 5.56 Å². The monoisotopic (exact) mass is 233 g/mol. The average Bonchev–Trinajstić information content (AvgIpc) is 2.28. The van der Waals surface area contributed by atoms with E-state index < -0.39 is 5.97 Å². The number of aliphatic carboxylic acids is 1. The Morgan fingerprint density at radius 1 is 1.29 bits per heavy atom. The van der Waals surface area contributed by atoms with E-state index in [9.17, 15) is 9.59 Å². The Kier molecular flexibility index (Phi) is 4.94. The van der Waals surface area contributed by atoms with Gasteiger partial charge in [-0.1, -0.05) is 18.2 Å². The van der Waals surface area contributed by atoms with Crippen LogP contribution in [-0.2, 0) is 16.0 Å². The Hall–Kier alpha value is -2.10. The maximum absolute atomic E-state index is 11.2. The SMILES string of the molecule is C/C=C/C(=O)Nc1ccc(CCC(=O)O)cc1. The van der Waals surface area contributed by atoms with Crippen LogP contribution in [0.2, 0.25) is 0 Å². The lowest BCUT2D eigenvalue weighted by molar-refractivity contribution is -0.137. The van der Waals surface area contributed by atoms with Crippen LogP contribution in [0.15, 0.2) is 36.4 Å². The molecule has 0 radical (unpaired) electrons. The number of carbonyl (C=O) groups excluding carboxylic acids is 1. The van der Waals surface area contributed by atoms with Crippen LogP contribution < -0.4 is 5.32 Å². The molecule has 0 spiro atoms. The Bertz CT molecular complexity index is 421. The maximum atomic E-state index is 11.2. The molecule has 0 fully saturated rings. The van der Waals surface area contributed by atoms with Crippen molar-refractivity contribution in [1.29, 1.82) is 0 Å². The minimum absolute atomic E-state index is 0.115. The number of rotatable bonds is 5. The van der Waals surface area contributed by atoms with Gasteiger partial charge in [0.05, 0.1) is 0 Å². The van der Waals surface area contributed by atoms with Crippen molar-refractivity contribution >= 4 is 17.6 Å². The third-order valence-electron chi connectivity index (χ3n) is 2.17. The van der Waals surface area contributed by atoms with Gasteiger partial charge in [-0.2, -0.15) is 0 Å². The summed E-state index contributed by atoms with van der Waals surface area (Å²) in [5, 5.41) is 11.2. The summed E-state index contributed by atoms with van der Waals surface area (Å²) >= 11 is 0. The lowest BCUT2D eigenvalue weighted by Gasteiger charge is -2.03. The highest BCUT2D eigenvalue weighted by molar-refractivity contribution is 5.99. The molecular formula is C13H15NO3. The first-order chi connectivity index (χ1) is 8.11. The fourth-order valence-corrected chi connectivity index (χ4v) is 1.34. The van der Waals surface area contributed by atoms with Crippen molar-refractivity contribution < 1.29 is 14.7 Å². The second kappa shape index (κ2) is 6.48. The van der Waals surface area contributed by atoms with Crippen molar-refractivity contribution in [3.8, 4) is 0 Å². The molecule has 0 unspecified atom stereocenters. The number of hydrogen-bond acceptors (Lipinski definition) is 2. The van der Waals surface area contributed by atoms with E-state index in [4.69, 9.17) is 5.11 Å². The summed E-state index contributed by atoms with van der Waals surface area (Å²) in [4.78, 5) is 21.6. The molecule has 1 aromatic rings. The predicted molar refractivity (Wildman–Crippen MR) is 65.8 cm³/mol. The first-order valence-corrected chi connectivity index (χ1v) is 5.36. The summed E-state index contributed by atoms with van der Waals surface area (Å²) in [7, 11) is 0. The van der Waals surface area contributed by atoms with Crippen LogP contribution in [0.25, 0.3) is 0 Å². The third kappa shape index (κ3) is 4.97. The van der Waals surface area contributed by atoms with Crippen molar-refractivity contribution in [2.24, 2.45) is 0 Å². The fraction of sp³-hybridized carbons (Fsp3) is 0.231. The number of amides is 1. The second-order valence-corrected chi connectivity index (χ2v) is 3.58. The number of carbonyl (C=O) groups is 2. The molecule has 17 heavy (non-hydrogen) atoms. The minimum atomic E-state index is -0.810. The number of anilines is 1. The molecule has 1 amide bonds. The molecule has 90 valence electrons. The zero-order valence-corrected chi connectivity index (χ0v) is 9.64. The first-order valence-electron chi connectivity index (χ1n) is 5.36. The maximum Gasteiger partial charge on any atom is 0.303 e. The van der Waals surface area contributed by atoms with E-state index >= 15 is 0 Å². The highest BCUT2D eigenvalue weighted by Gasteiger charge is 2.00. The second-order valence-electron chi connectivity index (χ2n) is 3.58. The smallest absolute Gasteiger partial charge is 0.303 e. The number of carboxylic acid groups (broad SMARTS) is 1. The fourth-order valence-electron chi connectivity index (χ4n) is 1.34. The van der Waals surface area contributed by atoms with Crippen molar-refractivity contribution in [2.75, 3.05) is 5.32 Å². The summed E-state index contributed by atoms with van der Waals surface area (Å²) < 4.78 is 0. The topological polar surface area (TPSA) is 66.4 Å². The molecule has 0 atom stereocenters. The summed E-state index contributed by atoms with van der Waals surface area (Å²) in [6.45, 7) is 1.77. The van der Waals surface area contributed by atoms with Crippen LogP contribution in [0.3, 0.4) is 0 Å². The van der Waals surface area contributed by atoms with Gasteiger partial charge in [0.1, 0.15) is 0 Å². The van der Waals surface area contributed by atoms with E-state index in [0.29, 0.717) is 12.1 Å². The number of allylic oxidation sites excluding steroid dienone is 1. The zero-order valence-electron chi connectivity index (χ0n) is 9.64. The Morgan fingerprint density at radius 3 is 2.47 bits per heavy atom. The molecule has 4 heteroatoms. The van der Waals surface area contributed by atoms with Gasteiger partial charge in [-0.3, -0.25) is 9.59 Å². The molecule has 0 saturated carbocycles. The number of aryl methyl sites for hydroxylation is 1. The molecule has 1 aromatic carbocycles. The van der Waals surface area contributed by atoms with Gasteiger partial charge in [-0.15, -0.1) is 0 Å². The third-order valence-corrected chi connectivity index (χ3v) is 2.17. The van der Waals surface area contributed by atoms with Gasteiger partial charge in [-0.25, -0.2) is 0 Å². The number of benzene rings is 1. The van der Waals surface area contributed by atoms with E-state index in [-0.39, 0.29) is 12.3 Å². The van der Waals surface area contributed by atoms with E-state index in [1.807, 2.05) is 12.1 Å². The van der Waals surface area contributed by atoms with Crippen LogP contribution in [0.5, 0.6) is 0 Å². The van der Waals surface area contributed by atoms with Crippen LogP contribution in [-0.4, -0.2) is 17.0 Å². The van der Waals surface area contributed by atoms with E-state index in [1.54, 1.807) is 25.1 Å². The predicted octanol–water partition coefficient (Wildman–Crippen LogP) is 2.22. The first kappa shape index (κ1) is 13.0. The zero-order chi connectivity index (χ0) is 12.7. The molecule has 0 aliphatic heterocycles. The molecule has 0 aromatic heterocycles. The number of nitrogens with one attached hydrogen (secondary N) is 1. The highest BCUT2D eigenvalue weighted by Crippen LogP contribution is 2.11. The van der Waals surface area contributed by atoms with Gasteiger partial charge >= 0.3 is 5.97 Å². The number of carboxylic acids is 1. The van der Waals surface area contributed by atoms with Crippen LogP contribution in [0.4, 0.5) is 5.69 Å². The van der Waals surface area contributed by atoms with Crippen LogP contribution in [0, 0.1) is 0 Å². The summed E-state index contributed by atoms with van der Waals surface area (Å²) in [5.41, 5.74) is 1.64. The molecule has 0 saturated heterocycles. The average molecular weight is 233 g/mol. The van der Waals surface area contributed by atoms with Gasteiger partial charge < -0.3 is 10.4 Å². The standard InChI is InChI=1S/C13H15NO3/c1-2-3-12(15)14-11-7-4-10(5-8-11)6-9-13(16)17/h2-5,7-8H,6,9H2,1H3,(H,14,15)(H,16,17)/b3-2+. The molecule has 0 aliphatic carbocycles. The summed E-state index contributed by atoms with van der Waals surface area (Å²) in [6.07, 6.45) is 3.72. The van der Waals surface area contributed by atoms with E-state index in [1.165, 1.54) is 6.08 Å². The van der Waals surface area contributed by atoms with Gasteiger partial charge in [0.25, 0.3) is 0 Å². The molecule has 2 N–H and O–H groups in total. The van der Waals surface area contributed by atoms with E-state index in [2.05, 4.69) is 5.32 Å². The van der Waals surface area contributed by atoms with Gasteiger partial charge in [0.15, 0.2) is 0 Å². The molecular weight excluding hydrogens is 218 g/mol. The minimum Gasteiger partial charge on any atom is -0.481 e. The Labute approximate surface area is 100.0 Å². The summed E-state index contributed by atoms with van der Waals surface area (Å²) in [6, 6.07) is 7.15. The largest absolute Gasteiger partial charge is 0.481 e.